The molecule has 0 aliphatic heterocycles. The van der Waals surface area contributed by atoms with Gasteiger partial charge >= 0.3 is 0 Å². The normalized spacial score (nSPS) is 14.9. The molecule has 0 aromatic heterocycles. The summed E-state index contributed by atoms with van der Waals surface area (Å²) in [6, 6.07) is 4.93. The highest BCUT2D eigenvalue weighted by Gasteiger charge is 2.25. The number of nitrogens with zero attached hydrogens (tertiary/aromatic N) is 1. The second-order valence-electron chi connectivity index (χ2n) is 4.29. The van der Waals surface area contributed by atoms with Crippen LogP contribution in [-0.4, -0.2) is 24.4 Å². The van der Waals surface area contributed by atoms with Gasteiger partial charge in [-0.25, -0.2) is 0 Å². The van der Waals surface area contributed by atoms with Gasteiger partial charge in [0.2, 0.25) is 0 Å². The molecule has 0 bridgehead atoms. The van der Waals surface area contributed by atoms with Crippen LogP contribution in [0.2, 0.25) is 10.0 Å². The lowest BCUT2D eigenvalue weighted by molar-refractivity contribution is 0.0788. The Morgan fingerprint density at radius 3 is 2.38 bits per heavy atom. The van der Waals surface area contributed by atoms with Gasteiger partial charge in [0.15, 0.2) is 0 Å². The molecular formula is C12H13Cl2NO. The van der Waals surface area contributed by atoms with Crippen LogP contribution in [0.4, 0.5) is 0 Å². The van der Waals surface area contributed by atoms with E-state index in [1.165, 1.54) is 12.8 Å². The minimum atomic E-state index is -0.0173. The third kappa shape index (κ3) is 2.89. The van der Waals surface area contributed by atoms with Crippen molar-refractivity contribution < 1.29 is 4.79 Å². The Morgan fingerprint density at radius 1 is 1.31 bits per heavy atom. The van der Waals surface area contributed by atoms with Crippen LogP contribution in [0, 0.1) is 5.92 Å². The Bertz CT molecular complexity index is 395. The summed E-state index contributed by atoms with van der Waals surface area (Å²) in [6.07, 6.45) is 2.46. The van der Waals surface area contributed by atoms with Crippen LogP contribution < -0.4 is 0 Å². The van der Waals surface area contributed by atoms with Crippen LogP contribution in [0.5, 0.6) is 0 Å². The minimum absolute atomic E-state index is 0.0173. The van der Waals surface area contributed by atoms with Crippen LogP contribution in [0.15, 0.2) is 18.2 Å². The quantitative estimate of drug-likeness (QED) is 0.812. The average Bonchev–Trinajstić information content (AvgIpc) is 2.99. The first-order chi connectivity index (χ1) is 7.56. The summed E-state index contributed by atoms with van der Waals surface area (Å²) < 4.78 is 0. The summed E-state index contributed by atoms with van der Waals surface area (Å²) in [5, 5.41) is 0.992. The molecule has 0 radical (unpaired) electrons. The standard InChI is InChI=1S/C12H13Cl2NO/c1-15(7-8-2-3-8)12(16)9-4-10(13)6-11(14)5-9/h4-6,8H,2-3,7H2,1H3. The Balaban J connectivity index is 2.12. The van der Waals surface area contributed by atoms with Crippen LogP contribution in [-0.2, 0) is 0 Å². The number of hydrogen-bond acceptors (Lipinski definition) is 1. The number of amides is 1. The molecule has 4 heteroatoms. The van der Waals surface area contributed by atoms with E-state index in [0.717, 1.165) is 6.54 Å². The van der Waals surface area contributed by atoms with Crippen LogP contribution in [0.1, 0.15) is 23.2 Å². The number of benzene rings is 1. The molecule has 0 unspecified atom stereocenters. The molecule has 1 saturated carbocycles. The average molecular weight is 258 g/mol. The van der Waals surface area contributed by atoms with Crippen molar-refractivity contribution in [3.8, 4) is 0 Å². The van der Waals surface area contributed by atoms with Gasteiger partial charge in [0, 0.05) is 29.2 Å². The number of carbonyl (C=O) groups is 1. The third-order valence-electron chi connectivity index (χ3n) is 2.69. The van der Waals surface area contributed by atoms with E-state index in [9.17, 15) is 4.79 Å². The zero-order valence-corrected chi connectivity index (χ0v) is 10.6. The molecule has 1 fully saturated rings. The highest BCUT2D eigenvalue weighted by molar-refractivity contribution is 6.35. The van der Waals surface area contributed by atoms with E-state index >= 15 is 0 Å². The molecule has 2 nitrogen and oxygen atoms in total. The molecule has 0 spiro atoms. The van der Waals surface area contributed by atoms with Crippen molar-refractivity contribution in [3.05, 3.63) is 33.8 Å². The van der Waals surface area contributed by atoms with Gasteiger partial charge in [-0.1, -0.05) is 23.2 Å². The van der Waals surface area contributed by atoms with E-state index in [1.807, 2.05) is 7.05 Å². The highest BCUT2D eigenvalue weighted by atomic mass is 35.5. The van der Waals surface area contributed by atoms with Gasteiger partial charge in [0.05, 0.1) is 0 Å². The Kier molecular flexibility index (Phi) is 3.41. The number of hydrogen-bond donors (Lipinski definition) is 0. The fourth-order valence-electron chi connectivity index (χ4n) is 1.67. The molecule has 1 aliphatic rings. The summed E-state index contributed by atoms with van der Waals surface area (Å²) in [7, 11) is 1.81. The number of carbonyl (C=O) groups excluding carboxylic acids is 1. The summed E-state index contributed by atoms with van der Waals surface area (Å²) in [4.78, 5) is 13.8. The van der Waals surface area contributed by atoms with Crippen LogP contribution >= 0.6 is 23.2 Å². The van der Waals surface area contributed by atoms with Gasteiger partial charge in [-0.2, -0.15) is 0 Å². The molecule has 1 amide bonds. The van der Waals surface area contributed by atoms with Gasteiger partial charge < -0.3 is 4.90 Å². The van der Waals surface area contributed by atoms with Crippen molar-refractivity contribution in [2.45, 2.75) is 12.8 Å². The van der Waals surface area contributed by atoms with E-state index in [1.54, 1.807) is 23.1 Å². The minimum Gasteiger partial charge on any atom is -0.341 e. The SMILES string of the molecule is CN(CC1CC1)C(=O)c1cc(Cl)cc(Cl)c1. The van der Waals surface area contributed by atoms with E-state index in [4.69, 9.17) is 23.2 Å². The van der Waals surface area contributed by atoms with Crippen molar-refractivity contribution in [3.63, 3.8) is 0 Å². The van der Waals surface area contributed by atoms with E-state index in [0.29, 0.717) is 21.5 Å². The van der Waals surface area contributed by atoms with Gasteiger partial charge in [0.1, 0.15) is 0 Å². The first-order valence-electron chi connectivity index (χ1n) is 5.28. The zero-order valence-electron chi connectivity index (χ0n) is 9.04. The molecule has 0 N–H and O–H groups in total. The van der Waals surface area contributed by atoms with Gasteiger partial charge in [-0.05, 0) is 37.0 Å². The molecule has 1 aromatic carbocycles. The second kappa shape index (κ2) is 4.64. The van der Waals surface area contributed by atoms with E-state index < -0.39 is 0 Å². The van der Waals surface area contributed by atoms with Crippen molar-refractivity contribution in [1.82, 2.24) is 4.90 Å². The van der Waals surface area contributed by atoms with Gasteiger partial charge in [0.25, 0.3) is 5.91 Å². The molecule has 1 aromatic rings. The zero-order chi connectivity index (χ0) is 11.7. The van der Waals surface area contributed by atoms with Crippen molar-refractivity contribution in [1.29, 1.82) is 0 Å². The molecular weight excluding hydrogens is 245 g/mol. The summed E-state index contributed by atoms with van der Waals surface area (Å²) in [6.45, 7) is 0.822. The Morgan fingerprint density at radius 2 is 1.88 bits per heavy atom. The Hall–Kier alpha value is -0.730. The predicted octanol–water partition coefficient (Wildman–Crippen LogP) is 3.48. The second-order valence-corrected chi connectivity index (χ2v) is 5.16. The maximum atomic E-state index is 12.0. The first kappa shape index (κ1) is 11.7. The van der Waals surface area contributed by atoms with Crippen molar-refractivity contribution >= 4 is 29.1 Å². The molecule has 0 saturated heterocycles. The molecule has 16 heavy (non-hydrogen) atoms. The highest BCUT2D eigenvalue weighted by Crippen LogP contribution is 2.30. The monoisotopic (exact) mass is 257 g/mol. The maximum absolute atomic E-state index is 12.0. The molecule has 86 valence electrons. The lowest BCUT2D eigenvalue weighted by Crippen LogP contribution is -2.28. The maximum Gasteiger partial charge on any atom is 0.253 e. The third-order valence-corrected chi connectivity index (χ3v) is 3.12. The van der Waals surface area contributed by atoms with Gasteiger partial charge in [-0.15, -0.1) is 0 Å². The number of halogens is 2. The first-order valence-corrected chi connectivity index (χ1v) is 6.03. The van der Waals surface area contributed by atoms with Gasteiger partial charge in [-0.3, -0.25) is 4.79 Å². The smallest absolute Gasteiger partial charge is 0.253 e. The molecule has 2 rings (SSSR count). The summed E-state index contributed by atoms with van der Waals surface area (Å²) in [5.41, 5.74) is 0.556. The predicted molar refractivity (Wildman–Crippen MR) is 66.1 cm³/mol. The van der Waals surface area contributed by atoms with Crippen LogP contribution in [0.25, 0.3) is 0 Å². The summed E-state index contributed by atoms with van der Waals surface area (Å²) >= 11 is 11.7. The largest absolute Gasteiger partial charge is 0.341 e. The van der Waals surface area contributed by atoms with Crippen molar-refractivity contribution in [2.75, 3.05) is 13.6 Å². The van der Waals surface area contributed by atoms with Crippen molar-refractivity contribution in [2.24, 2.45) is 5.92 Å². The summed E-state index contributed by atoms with van der Waals surface area (Å²) in [5.74, 6) is 0.667. The van der Waals surface area contributed by atoms with Crippen LogP contribution in [0.3, 0.4) is 0 Å². The fraction of sp³-hybridized carbons (Fsp3) is 0.417. The molecule has 0 heterocycles. The molecule has 0 atom stereocenters. The lowest BCUT2D eigenvalue weighted by Gasteiger charge is -2.17. The van der Waals surface area contributed by atoms with E-state index in [-0.39, 0.29) is 5.91 Å². The molecule has 1 aliphatic carbocycles. The van der Waals surface area contributed by atoms with E-state index in [2.05, 4.69) is 0 Å². The topological polar surface area (TPSA) is 20.3 Å². The lowest BCUT2D eigenvalue weighted by atomic mass is 10.2. The number of rotatable bonds is 3. The fourth-order valence-corrected chi connectivity index (χ4v) is 2.19. The Labute approximate surface area is 105 Å².